The molecule has 0 radical (unpaired) electrons. The van der Waals surface area contributed by atoms with Gasteiger partial charge in [-0.1, -0.05) is 6.07 Å². The number of fused-ring (bicyclic) bond motifs is 1. The van der Waals surface area contributed by atoms with Gasteiger partial charge in [-0.25, -0.2) is 0 Å². The van der Waals surface area contributed by atoms with E-state index in [9.17, 15) is 9.59 Å². The summed E-state index contributed by atoms with van der Waals surface area (Å²) in [7, 11) is 0. The van der Waals surface area contributed by atoms with E-state index in [0.29, 0.717) is 25.0 Å². The fourth-order valence-electron chi connectivity index (χ4n) is 3.17. The fraction of sp³-hybridized carbons (Fsp3) is 0.600. The molecule has 1 amide bonds. The number of nitrogens with one attached hydrogen (secondary N) is 1. The van der Waals surface area contributed by atoms with Crippen LogP contribution in [0.5, 0.6) is 0 Å². The van der Waals surface area contributed by atoms with Crippen molar-refractivity contribution in [3.8, 4) is 0 Å². The first-order valence-electron chi connectivity index (χ1n) is 7.22. The number of amides is 1. The van der Waals surface area contributed by atoms with Gasteiger partial charge in [-0.3, -0.25) is 9.59 Å². The van der Waals surface area contributed by atoms with E-state index in [0.717, 1.165) is 25.1 Å². The maximum atomic E-state index is 12.0. The molecule has 1 aliphatic carbocycles. The molecule has 1 aliphatic heterocycles. The van der Waals surface area contributed by atoms with Crippen molar-refractivity contribution < 1.29 is 9.53 Å². The van der Waals surface area contributed by atoms with Crippen molar-refractivity contribution in [2.45, 2.75) is 44.9 Å². The number of aryl methyl sites for hydroxylation is 1. The summed E-state index contributed by atoms with van der Waals surface area (Å²) in [4.78, 5) is 23.7. The second kappa shape index (κ2) is 5.40. The Balaban J connectivity index is 1.51. The number of ether oxygens (including phenoxy) is 1. The van der Waals surface area contributed by atoms with Crippen LogP contribution in [0.3, 0.4) is 0 Å². The van der Waals surface area contributed by atoms with E-state index in [1.165, 1.54) is 6.07 Å². The lowest BCUT2D eigenvalue weighted by atomic mass is 9.76. The van der Waals surface area contributed by atoms with Crippen molar-refractivity contribution in [3.63, 3.8) is 0 Å². The molecular weight excluding hydrogens is 256 g/mol. The smallest absolute Gasteiger partial charge is 0.250 e. The molecular formula is C15H20N2O3. The van der Waals surface area contributed by atoms with E-state index in [1.54, 1.807) is 10.6 Å². The number of rotatable bonds is 4. The number of hydrogen-bond acceptors (Lipinski definition) is 3. The Morgan fingerprint density at radius 2 is 2.35 bits per heavy atom. The fourth-order valence-corrected chi connectivity index (χ4v) is 3.17. The SMILES string of the molecule is Cc1cccc(=O)n1CCC(=O)N[C@@H]1C[C@@H]2OCC[C@@H]21. The van der Waals surface area contributed by atoms with Crippen LogP contribution in [0.4, 0.5) is 0 Å². The quantitative estimate of drug-likeness (QED) is 0.886. The van der Waals surface area contributed by atoms with Crippen molar-refractivity contribution in [1.29, 1.82) is 0 Å². The highest BCUT2D eigenvalue weighted by molar-refractivity contribution is 5.76. The van der Waals surface area contributed by atoms with Crippen molar-refractivity contribution >= 4 is 5.91 Å². The van der Waals surface area contributed by atoms with Gasteiger partial charge in [0.1, 0.15) is 0 Å². The summed E-state index contributed by atoms with van der Waals surface area (Å²) in [6.07, 6.45) is 2.69. The largest absolute Gasteiger partial charge is 0.378 e. The normalized spacial score (nSPS) is 27.8. The van der Waals surface area contributed by atoms with Gasteiger partial charge in [0, 0.05) is 43.3 Å². The van der Waals surface area contributed by atoms with Crippen molar-refractivity contribution in [2.24, 2.45) is 5.92 Å². The van der Waals surface area contributed by atoms with E-state index >= 15 is 0 Å². The van der Waals surface area contributed by atoms with Gasteiger partial charge in [0.05, 0.1) is 6.10 Å². The van der Waals surface area contributed by atoms with E-state index in [1.807, 2.05) is 13.0 Å². The van der Waals surface area contributed by atoms with Gasteiger partial charge in [0.15, 0.2) is 0 Å². The van der Waals surface area contributed by atoms with Crippen LogP contribution < -0.4 is 10.9 Å². The van der Waals surface area contributed by atoms with Crippen LogP contribution in [0.15, 0.2) is 23.0 Å². The number of hydrogen-bond donors (Lipinski definition) is 1. The maximum Gasteiger partial charge on any atom is 0.250 e. The van der Waals surface area contributed by atoms with Crippen LogP contribution in [0.1, 0.15) is 25.0 Å². The van der Waals surface area contributed by atoms with Crippen LogP contribution in [0.25, 0.3) is 0 Å². The summed E-state index contributed by atoms with van der Waals surface area (Å²) in [5, 5.41) is 3.06. The molecule has 2 heterocycles. The van der Waals surface area contributed by atoms with Gasteiger partial charge in [-0.15, -0.1) is 0 Å². The molecule has 1 saturated heterocycles. The first kappa shape index (κ1) is 13.4. The zero-order valence-electron chi connectivity index (χ0n) is 11.7. The zero-order chi connectivity index (χ0) is 14.1. The molecule has 1 saturated carbocycles. The van der Waals surface area contributed by atoms with Gasteiger partial charge in [0.25, 0.3) is 5.56 Å². The maximum absolute atomic E-state index is 12.0. The van der Waals surface area contributed by atoms with E-state index < -0.39 is 0 Å². The van der Waals surface area contributed by atoms with Crippen LogP contribution in [0, 0.1) is 12.8 Å². The van der Waals surface area contributed by atoms with Crippen molar-refractivity contribution in [2.75, 3.05) is 6.61 Å². The number of carbonyl (C=O) groups excluding carboxylic acids is 1. The minimum atomic E-state index is -0.0503. The number of pyridine rings is 1. The number of aromatic nitrogens is 1. The van der Waals surface area contributed by atoms with Gasteiger partial charge in [-0.05, 0) is 25.8 Å². The number of carbonyl (C=O) groups is 1. The molecule has 1 aromatic heterocycles. The molecule has 3 atom stereocenters. The topological polar surface area (TPSA) is 60.3 Å². The lowest BCUT2D eigenvalue weighted by molar-refractivity contribution is -0.124. The van der Waals surface area contributed by atoms with E-state index in [-0.39, 0.29) is 17.5 Å². The minimum absolute atomic E-state index is 0.0236. The van der Waals surface area contributed by atoms with E-state index in [2.05, 4.69) is 5.32 Å². The molecule has 20 heavy (non-hydrogen) atoms. The Kier molecular flexibility index (Phi) is 3.61. The van der Waals surface area contributed by atoms with Gasteiger partial charge in [-0.2, -0.15) is 0 Å². The third kappa shape index (κ3) is 2.50. The van der Waals surface area contributed by atoms with Gasteiger partial charge < -0.3 is 14.6 Å². The van der Waals surface area contributed by atoms with Crippen LogP contribution >= 0.6 is 0 Å². The summed E-state index contributed by atoms with van der Waals surface area (Å²) in [5.41, 5.74) is 0.837. The zero-order valence-corrected chi connectivity index (χ0v) is 11.7. The van der Waals surface area contributed by atoms with Gasteiger partial charge in [0.2, 0.25) is 5.91 Å². The molecule has 0 spiro atoms. The van der Waals surface area contributed by atoms with Crippen LogP contribution in [0.2, 0.25) is 0 Å². The highest BCUT2D eigenvalue weighted by Gasteiger charge is 2.45. The highest BCUT2D eigenvalue weighted by Crippen LogP contribution is 2.38. The molecule has 0 bridgehead atoms. The molecule has 5 nitrogen and oxygen atoms in total. The summed E-state index contributed by atoms with van der Waals surface area (Å²) in [5.74, 6) is 0.524. The first-order chi connectivity index (χ1) is 9.65. The van der Waals surface area contributed by atoms with Crippen molar-refractivity contribution in [3.05, 3.63) is 34.2 Å². The average molecular weight is 276 g/mol. The summed E-state index contributed by atoms with van der Waals surface area (Å²) < 4.78 is 7.17. The monoisotopic (exact) mass is 276 g/mol. The predicted octanol–water partition coefficient (Wildman–Crippen LogP) is 0.840. The second-order valence-corrected chi connectivity index (χ2v) is 5.68. The van der Waals surface area contributed by atoms with E-state index in [4.69, 9.17) is 4.74 Å². The molecule has 1 aromatic rings. The lowest BCUT2D eigenvalue weighted by Crippen LogP contribution is -2.53. The summed E-state index contributed by atoms with van der Waals surface area (Å²) >= 11 is 0. The Bertz CT molecular complexity index is 566. The Hall–Kier alpha value is -1.62. The summed E-state index contributed by atoms with van der Waals surface area (Å²) in [6, 6.07) is 5.41. The number of nitrogens with zero attached hydrogens (tertiary/aromatic N) is 1. The minimum Gasteiger partial charge on any atom is -0.378 e. The van der Waals surface area contributed by atoms with Crippen molar-refractivity contribution in [1.82, 2.24) is 9.88 Å². The Morgan fingerprint density at radius 3 is 3.10 bits per heavy atom. The van der Waals surface area contributed by atoms with Gasteiger partial charge >= 0.3 is 0 Å². The molecule has 5 heteroatoms. The average Bonchev–Trinajstić information content (AvgIpc) is 2.77. The molecule has 0 aromatic carbocycles. The first-order valence-corrected chi connectivity index (χ1v) is 7.22. The summed E-state index contributed by atoms with van der Waals surface area (Å²) in [6.45, 7) is 3.14. The second-order valence-electron chi connectivity index (χ2n) is 5.68. The predicted molar refractivity (Wildman–Crippen MR) is 74.5 cm³/mol. The third-order valence-corrected chi connectivity index (χ3v) is 4.44. The molecule has 1 N–H and O–H groups in total. The Morgan fingerprint density at radius 1 is 1.50 bits per heavy atom. The van der Waals surface area contributed by atoms with Crippen LogP contribution in [-0.4, -0.2) is 29.2 Å². The molecule has 0 unspecified atom stereocenters. The highest BCUT2D eigenvalue weighted by atomic mass is 16.5. The molecule has 108 valence electrons. The third-order valence-electron chi connectivity index (χ3n) is 4.44. The molecule has 3 rings (SSSR count). The standard InChI is InChI=1S/C15H20N2O3/c1-10-3-2-4-15(19)17(10)7-5-14(18)16-12-9-13-11(12)6-8-20-13/h2-4,11-13H,5-9H2,1H3,(H,16,18)/t11-,12-,13+/m1/s1. The molecule has 2 fully saturated rings. The Labute approximate surface area is 117 Å². The lowest BCUT2D eigenvalue weighted by Gasteiger charge is -2.39. The molecule has 2 aliphatic rings. The van der Waals surface area contributed by atoms with Crippen LogP contribution in [-0.2, 0) is 16.1 Å².